The van der Waals surface area contributed by atoms with Gasteiger partial charge in [0.25, 0.3) is 5.91 Å². The van der Waals surface area contributed by atoms with Crippen molar-refractivity contribution in [1.29, 1.82) is 5.26 Å². The van der Waals surface area contributed by atoms with Gasteiger partial charge in [-0.25, -0.2) is 14.5 Å². The lowest BCUT2D eigenvalue weighted by Gasteiger charge is -2.35. The molecule has 37 heavy (non-hydrogen) atoms. The zero-order valence-corrected chi connectivity index (χ0v) is 20.6. The summed E-state index contributed by atoms with van der Waals surface area (Å²) >= 11 is 6.31. The van der Waals surface area contributed by atoms with Crippen molar-refractivity contribution in [3.8, 4) is 17.2 Å². The lowest BCUT2D eigenvalue weighted by atomic mass is 10.0. The third-order valence-electron chi connectivity index (χ3n) is 7.50. The molecule has 9 heteroatoms. The standard InChI is InChI=1S/C28H22ClN5O3/c1-16-22(12-11-18(14-30)24(16)29)34-26(35)25-23-13-19(33(25)28(34)37)15-32(23)27(36)31-21-10-6-5-9-20(21)17-7-3-2-4-8-17/h2-12,19,23,25H,13,15H2,1H3,(H,31,36)/t19-,23-,25-/m0/s1. The van der Waals surface area contributed by atoms with Crippen LogP contribution in [-0.4, -0.2) is 52.4 Å². The zero-order valence-electron chi connectivity index (χ0n) is 19.9. The van der Waals surface area contributed by atoms with Crippen LogP contribution in [0.15, 0.2) is 66.7 Å². The number of nitriles is 1. The summed E-state index contributed by atoms with van der Waals surface area (Å²) in [6.07, 6.45) is 0.552. The van der Waals surface area contributed by atoms with Crippen molar-refractivity contribution >= 4 is 40.9 Å². The van der Waals surface area contributed by atoms with Gasteiger partial charge in [0.1, 0.15) is 12.1 Å². The van der Waals surface area contributed by atoms with E-state index in [2.05, 4.69) is 5.32 Å². The fourth-order valence-electron chi connectivity index (χ4n) is 5.76. The second-order valence-corrected chi connectivity index (χ2v) is 9.82. The van der Waals surface area contributed by atoms with Crippen LogP contribution in [0.5, 0.6) is 0 Å². The quantitative estimate of drug-likeness (QED) is 0.500. The molecule has 184 valence electrons. The summed E-state index contributed by atoms with van der Waals surface area (Å²) in [6.45, 7) is 2.03. The minimum Gasteiger partial charge on any atom is -0.317 e. The van der Waals surface area contributed by atoms with Gasteiger partial charge in [0.2, 0.25) is 0 Å². The van der Waals surface area contributed by atoms with E-state index in [0.29, 0.717) is 29.9 Å². The van der Waals surface area contributed by atoms with E-state index in [-0.39, 0.29) is 28.6 Å². The van der Waals surface area contributed by atoms with E-state index in [9.17, 15) is 19.6 Å². The van der Waals surface area contributed by atoms with Gasteiger partial charge in [0.15, 0.2) is 0 Å². The fraction of sp³-hybridized carbons (Fsp3) is 0.214. The Bertz CT molecular complexity index is 1500. The summed E-state index contributed by atoms with van der Waals surface area (Å²) in [5, 5.41) is 12.5. The number of carbonyl (C=O) groups excluding carboxylic acids is 3. The summed E-state index contributed by atoms with van der Waals surface area (Å²) < 4.78 is 0. The molecule has 3 aromatic rings. The van der Waals surface area contributed by atoms with Gasteiger partial charge < -0.3 is 15.1 Å². The molecule has 1 N–H and O–H groups in total. The van der Waals surface area contributed by atoms with Gasteiger partial charge in [-0.05, 0) is 42.7 Å². The third-order valence-corrected chi connectivity index (χ3v) is 7.98. The second-order valence-electron chi connectivity index (χ2n) is 9.44. The number of amides is 5. The maximum absolute atomic E-state index is 13.6. The number of benzene rings is 3. The first-order chi connectivity index (χ1) is 17.9. The van der Waals surface area contributed by atoms with Gasteiger partial charge in [-0.1, -0.05) is 60.1 Å². The lowest BCUT2D eigenvalue weighted by Crippen LogP contribution is -2.55. The first kappa shape index (κ1) is 23.1. The molecule has 3 aromatic carbocycles. The number of hydrogen-bond acceptors (Lipinski definition) is 4. The van der Waals surface area contributed by atoms with E-state index in [4.69, 9.17) is 11.6 Å². The van der Waals surface area contributed by atoms with E-state index in [0.717, 1.165) is 16.0 Å². The highest BCUT2D eigenvalue weighted by molar-refractivity contribution is 6.33. The number of carbonyl (C=O) groups is 3. The Morgan fingerprint density at radius 1 is 1.05 bits per heavy atom. The van der Waals surface area contributed by atoms with Crippen LogP contribution in [0.1, 0.15) is 17.5 Å². The smallest absolute Gasteiger partial charge is 0.317 e. The minimum atomic E-state index is -0.754. The van der Waals surface area contributed by atoms with Crippen LogP contribution in [-0.2, 0) is 4.79 Å². The molecular formula is C28H22ClN5O3. The van der Waals surface area contributed by atoms with Gasteiger partial charge in [-0.15, -0.1) is 0 Å². The van der Waals surface area contributed by atoms with Crippen molar-refractivity contribution in [3.63, 3.8) is 0 Å². The Morgan fingerprint density at radius 2 is 1.78 bits per heavy atom. The number of imide groups is 1. The highest BCUT2D eigenvalue weighted by Gasteiger charge is 2.63. The number of nitrogens with one attached hydrogen (secondary N) is 1. The number of likely N-dealkylation sites (tertiary alicyclic amines) is 1. The van der Waals surface area contributed by atoms with Crippen molar-refractivity contribution in [2.75, 3.05) is 16.8 Å². The van der Waals surface area contributed by atoms with Crippen molar-refractivity contribution in [2.24, 2.45) is 0 Å². The molecule has 0 spiro atoms. The van der Waals surface area contributed by atoms with Gasteiger partial charge in [0, 0.05) is 12.1 Å². The van der Waals surface area contributed by atoms with Crippen molar-refractivity contribution in [1.82, 2.24) is 9.80 Å². The maximum Gasteiger partial charge on any atom is 0.332 e. The molecule has 3 heterocycles. The number of halogens is 1. The summed E-state index contributed by atoms with van der Waals surface area (Å²) in [7, 11) is 0. The van der Waals surface area contributed by atoms with Crippen LogP contribution in [0.2, 0.25) is 5.02 Å². The monoisotopic (exact) mass is 511 g/mol. The highest BCUT2D eigenvalue weighted by atomic mass is 35.5. The predicted molar refractivity (Wildman–Crippen MR) is 139 cm³/mol. The SMILES string of the molecule is Cc1c(N2C(=O)[C@@H]3[C@@H]4C[C@@H](CN4C(=O)Nc4ccccc4-c4ccccc4)N3C2=O)ccc(C#N)c1Cl. The molecule has 3 aliphatic heterocycles. The highest BCUT2D eigenvalue weighted by Crippen LogP contribution is 2.44. The molecule has 3 atom stereocenters. The van der Waals surface area contributed by atoms with Crippen LogP contribution in [0.25, 0.3) is 11.1 Å². The fourth-order valence-corrected chi connectivity index (χ4v) is 5.97. The number of urea groups is 2. The largest absolute Gasteiger partial charge is 0.332 e. The minimum absolute atomic E-state index is 0.216. The molecule has 5 amide bonds. The number of nitrogens with zero attached hydrogens (tertiary/aromatic N) is 4. The third kappa shape index (κ3) is 3.46. The Balaban J connectivity index is 1.26. The molecule has 0 aromatic heterocycles. The van der Waals surface area contributed by atoms with Crippen LogP contribution >= 0.6 is 11.6 Å². The number of anilines is 2. The molecule has 0 radical (unpaired) electrons. The van der Waals surface area contributed by atoms with Gasteiger partial charge in [0.05, 0.1) is 34.0 Å². The van der Waals surface area contributed by atoms with Gasteiger partial charge >= 0.3 is 12.1 Å². The molecule has 3 saturated heterocycles. The topological polar surface area (TPSA) is 96.8 Å². The Morgan fingerprint density at radius 3 is 2.54 bits per heavy atom. The van der Waals surface area contributed by atoms with Crippen molar-refractivity contribution in [2.45, 2.75) is 31.5 Å². The molecular weight excluding hydrogens is 490 g/mol. The number of rotatable bonds is 3. The number of para-hydroxylation sites is 1. The average Bonchev–Trinajstić information content (AvgIpc) is 3.58. The van der Waals surface area contributed by atoms with Crippen LogP contribution < -0.4 is 10.2 Å². The summed E-state index contributed by atoms with van der Waals surface area (Å²) in [6, 6.07) is 20.3. The first-order valence-electron chi connectivity index (χ1n) is 12.0. The van der Waals surface area contributed by atoms with Crippen molar-refractivity contribution < 1.29 is 14.4 Å². The Hall–Kier alpha value is -4.35. The average molecular weight is 512 g/mol. The molecule has 8 nitrogen and oxygen atoms in total. The first-order valence-corrected chi connectivity index (χ1v) is 12.4. The molecule has 0 unspecified atom stereocenters. The Labute approximate surface area is 218 Å². The molecule has 2 bridgehead atoms. The van der Waals surface area contributed by atoms with E-state index >= 15 is 0 Å². The Kier molecular flexibility index (Phi) is 5.39. The van der Waals surface area contributed by atoms with Crippen LogP contribution in [0, 0.1) is 18.3 Å². The van der Waals surface area contributed by atoms with Crippen molar-refractivity contribution in [3.05, 3.63) is 82.9 Å². The maximum atomic E-state index is 13.6. The van der Waals surface area contributed by atoms with Crippen LogP contribution in [0.4, 0.5) is 21.0 Å². The summed E-state index contributed by atoms with van der Waals surface area (Å²) in [4.78, 5) is 44.8. The summed E-state index contributed by atoms with van der Waals surface area (Å²) in [5.74, 6) is -0.386. The van der Waals surface area contributed by atoms with E-state index in [1.807, 2.05) is 60.7 Å². The van der Waals surface area contributed by atoms with E-state index < -0.39 is 18.1 Å². The normalized spacial score (nSPS) is 21.9. The van der Waals surface area contributed by atoms with Gasteiger partial charge in [-0.3, -0.25) is 4.79 Å². The second kappa shape index (κ2) is 8.64. The number of hydrogen-bond donors (Lipinski definition) is 1. The predicted octanol–water partition coefficient (Wildman–Crippen LogP) is 5.01. The lowest BCUT2D eigenvalue weighted by molar-refractivity contribution is -0.120. The van der Waals surface area contributed by atoms with Gasteiger partial charge in [-0.2, -0.15) is 5.26 Å². The van der Waals surface area contributed by atoms with Crippen LogP contribution in [0.3, 0.4) is 0 Å². The number of fused-ring (bicyclic) bond motifs is 5. The van der Waals surface area contributed by atoms with E-state index in [1.54, 1.807) is 22.8 Å². The van der Waals surface area contributed by atoms with E-state index in [1.165, 1.54) is 6.07 Å². The number of piperazine rings is 1. The molecule has 3 aliphatic rings. The summed E-state index contributed by atoms with van der Waals surface area (Å²) in [5.41, 5.74) is 3.69. The molecule has 0 aliphatic carbocycles. The molecule has 3 fully saturated rings. The molecule has 0 saturated carbocycles. The molecule has 6 rings (SSSR count). The zero-order chi connectivity index (χ0) is 25.8.